The smallest absolute Gasteiger partial charge is 0.267 e. The standard InChI is InChI=1S/C26H21N5O2S2/c1-16(2)18-8-3-5-10-20(18)30-24(32)19-9-4-6-11-21(19)31-25(30)28-29-26(31)35-15-17-14-33-23(27-17)22-12-7-13-34-22/h3-14,16H,15H2,1-2H3. The van der Waals surface area contributed by atoms with Crippen LogP contribution in [0.1, 0.15) is 31.0 Å². The van der Waals surface area contributed by atoms with Gasteiger partial charge < -0.3 is 4.42 Å². The van der Waals surface area contributed by atoms with Crippen LogP contribution in [0.4, 0.5) is 0 Å². The Morgan fingerprint density at radius 3 is 2.69 bits per heavy atom. The Morgan fingerprint density at radius 1 is 1.03 bits per heavy atom. The number of benzene rings is 2. The molecule has 0 unspecified atom stereocenters. The Morgan fingerprint density at radius 2 is 1.86 bits per heavy atom. The molecule has 9 heteroatoms. The third-order valence-electron chi connectivity index (χ3n) is 5.83. The Balaban J connectivity index is 1.48. The molecule has 0 radical (unpaired) electrons. The fraction of sp³-hybridized carbons (Fsp3) is 0.154. The largest absolute Gasteiger partial charge is 0.444 e. The van der Waals surface area contributed by atoms with E-state index in [0.29, 0.717) is 28.0 Å². The summed E-state index contributed by atoms with van der Waals surface area (Å²) in [5.41, 5.74) is 3.38. The molecule has 0 aliphatic heterocycles. The molecule has 6 aromatic rings. The average molecular weight is 500 g/mol. The van der Waals surface area contributed by atoms with Gasteiger partial charge in [-0.1, -0.05) is 62.0 Å². The molecule has 0 aliphatic rings. The van der Waals surface area contributed by atoms with Crippen molar-refractivity contribution in [2.24, 2.45) is 0 Å². The molecule has 35 heavy (non-hydrogen) atoms. The first kappa shape index (κ1) is 21.8. The van der Waals surface area contributed by atoms with Gasteiger partial charge in [0.05, 0.1) is 27.2 Å². The molecule has 0 aliphatic carbocycles. The summed E-state index contributed by atoms with van der Waals surface area (Å²) in [5, 5.41) is 12.3. The van der Waals surface area contributed by atoms with Crippen LogP contribution in [0.3, 0.4) is 0 Å². The first-order valence-electron chi connectivity index (χ1n) is 11.2. The molecular formula is C26H21N5O2S2. The van der Waals surface area contributed by atoms with Gasteiger partial charge in [0.15, 0.2) is 5.16 Å². The van der Waals surface area contributed by atoms with E-state index >= 15 is 0 Å². The number of hydrogen-bond acceptors (Lipinski definition) is 7. The summed E-state index contributed by atoms with van der Waals surface area (Å²) in [7, 11) is 0. The zero-order chi connectivity index (χ0) is 23.9. The molecule has 0 amide bonds. The average Bonchev–Trinajstić information content (AvgIpc) is 3.64. The molecule has 0 saturated carbocycles. The minimum Gasteiger partial charge on any atom is -0.444 e. The van der Waals surface area contributed by atoms with Crippen molar-refractivity contribution in [3.63, 3.8) is 0 Å². The lowest BCUT2D eigenvalue weighted by atomic mass is 10.0. The summed E-state index contributed by atoms with van der Waals surface area (Å²) in [6, 6.07) is 19.5. The molecule has 2 aromatic carbocycles. The molecule has 0 fully saturated rings. The molecule has 0 N–H and O–H groups in total. The first-order valence-corrected chi connectivity index (χ1v) is 13.1. The number of oxazole rings is 1. The molecule has 6 rings (SSSR count). The second-order valence-electron chi connectivity index (χ2n) is 8.40. The minimum absolute atomic E-state index is 0.109. The predicted molar refractivity (Wildman–Crippen MR) is 140 cm³/mol. The minimum atomic E-state index is -0.109. The number of rotatable bonds is 6. The number of para-hydroxylation sites is 2. The van der Waals surface area contributed by atoms with E-state index in [-0.39, 0.29) is 11.5 Å². The summed E-state index contributed by atoms with van der Waals surface area (Å²) in [5.74, 6) is 1.91. The molecule has 0 atom stereocenters. The third kappa shape index (κ3) is 3.77. The van der Waals surface area contributed by atoms with Gasteiger partial charge >= 0.3 is 0 Å². The van der Waals surface area contributed by atoms with Gasteiger partial charge in [0.25, 0.3) is 5.56 Å². The lowest BCUT2D eigenvalue weighted by molar-refractivity contribution is 0.575. The lowest BCUT2D eigenvalue weighted by Crippen LogP contribution is -2.23. The lowest BCUT2D eigenvalue weighted by Gasteiger charge is -2.16. The second kappa shape index (κ2) is 8.83. The van der Waals surface area contributed by atoms with E-state index in [1.165, 1.54) is 11.8 Å². The summed E-state index contributed by atoms with van der Waals surface area (Å²) >= 11 is 3.10. The van der Waals surface area contributed by atoms with Crippen molar-refractivity contribution in [1.82, 2.24) is 24.1 Å². The molecule has 0 bridgehead atoms. The Labute approximate surface area is 209 Å². The molecule has 174 valence electrons. The van der Waals surface area contributed by atoms with Gasteiger partial charge in [-0.2, -0.15) is 0 Å². The topological polar surface area (TPSA) is 78.2 Å². The van der Waals surface area contributed by atoms with Crippen molar-refractivity contribution < 1.29 is 4.42 Å². The SMILES string of the molecule is CC(C)c1ccccc1-n1c(=O)c2ccccc2n2c(SCc3coc(-c4cccs4)n3)nnc12. The highest BCUT2D eigenvalue weighted by Gasteiger charge is 2.20. The number of fused-ring (bicyclic) bond motifs is 3. The van der Waals surface area contributed by atoms with Crippen LogP contribution in [0.2, 0.25) is 0 Å². The summed E-state index contributed by atoms with van der Waals surface area (Å²) < 4.78 is 9.30. The van der Waals surface area contributed by atoms with E-state index in [1.807, 2.05) is 64.4 Å². The van der Waals surface area contributed by atoms with Crippen molar-refractivity contribution in [3.8, 4) is 16.5 Å². The van der Waals surface area contributed by atoms with Crippen LogP contribution in [-0.2, 0) is 5.75 Å². The fourth-order valence-corrected chi connectivity index (χ4v) is 5.67. The van der Waals surface area contributed by atoms with Gasteiger partial charge in [-0.15, -0.1) is 21.5 Å². The number of thioether (sulfide) groups is 1. The maximum atomic E-state index is 13.7. The van der Waals surface area contributed by atoms with E-state index in [2.05, 4.69) is 35.1 Å². The number of nitrogens with zero attached hydrogens (tertiary/aromatic N) is 5. The molecule has 4 heterocycles. The van der Waals surface area contributed by atoms with E-state index in [1.54, 1.807) is 22.2 Å². The van der Waals surface area contributed by atoms with Crippen LogP contribution in [0.15, 0.2) is 86.7 Å². The Bertz CT molecular complexity index is 1710. The summed E-state index contributed by atoms with van der Waals surface area (Å²) in [6.07, 6.45) is 1.68. The van der Waals surface area contributed by atoms with E-state index < -0.39 is 0 Å². The van der Waals surface area contributed by atoms with E-state index in [0.717, 1.165) is 27.3 Å². The summed E-state index contributed by atoms with van der Waals surface area (Å²) in [6.45, 7) is 4.24. The van der Waals surface area contributed by atoms with Crippen molar-refractivity contribution >= 4 is 39.8 Å². The van der Waals surface area contributed by atoms with Crippen LogP contribution in [0.5, 0.6) is 0 Å². The molecule has 7 nitrogen and oxygen atoms in total. The fourth-order valence-electron chi connectivity index (χ4n) is 4.19. The maximum absolute atomic E-state index is 13.7. The van der Waals surface area contributed by atoms with Gasteiger partial charge in [0, 0.05) is 5.75 Å². The number of hydrogen-bond donors (Lipinski definition) is 0. The highest BCUT2D eigenvalue weighted by molar-refractivity contribution is 7.98. The number of thiophene rings is 1. The van der Waals surface area contributed by atoms with Crippen LogP contribution < -0.4 is 5.56 Å². The van der Waals surface area contributed by atoms with Gasteiger partial charge in [-0.25, -0.2) is 9.55 Å². The highest BCUT2D eigenvalue weighted by Crippen LogP contribution is 2.29. The van der Waals surface area contributed by atoms with E-state index in [9.17, 15) is 4.79 Å². The third-order valence-corrected chi connectivity index (χ3v) is 7.65. The molecule has 4 aromatic heterocycles. The number of aromatic nitrogens is 5. The van der Waals surface area contributed by atoms with Crippen molar-refractivity contribution in [2.75, 3.05) is 0 Å². The zero-order valence-electron chi connectivity index (χ0n) is 19.1. The Kier molecular flexibility index (Phi) is 5.50. The van der Waals surface area contributed by atoms with Crippen LogP contribution >= 0.6 is 23.1 Å². The Hall–Kier alpha value is -3.69. The van der Waals surface area contributed by atoms with E-state index in [4.69, 9.17) is 4.42 Å². The van der Waals surface area contributed by atoms with Gasteiger partial charge in [0.2, 0.25) is 11.7 Å². The summed E-state index contributed by atoms with van der Waals surface area (Å²) in [4.78, 5) is 19.3. The predicted octanol–water partition coefficient (Wildman–Crippen LogP) is 6.17. The van der Waals surface area contributed by atoms with Crippen LogP contribution in [0.25, 0.3) is 33.1 Å². The van der Waals surface area contributed by atoms with Crippen molar-refractivity contribution in [3.05, 3.63) is 93.9 Å². The first-order chi connectivity index (χ1) is 17.1. The highest BCUT2D eigenvalue weighted by atomic mass is 32.2. The molecule has 0 spiro atoms. The second-order valence-corrected chi connectivity index (χ2v) is 10.3. The van der Waals surface area contributed by atoms with Gasteiger partial charge in [-0.05, 0) is 41.1 Å². The van der Waals surface area contributed by atoms with Gasteiger partial charge in [0.1, 0.15) is 6.26 Å². The maximum Gasteiger partial charge on any atom is 0.267 e. The molecule has 0 saturated heterocycles. The van der Waals surface area contributed by atoms with Crippen molar-refractivity contribution in [2.45, 2.75) is 30.7 Å². The van der Waals surface area contributed by atoms with Crippen molar-refractivity contribution in [1.29, 1.82) is 0 Å². The monoisotopic (exact) mass is 499 g/mol. The molecular weight excluding hydrogens is 478 g/mol. The zero-order valence-corrected chi connectivity index (χ0v) is 20.7. The van der Waals surface area contributed by atoms with Gasteiger partial charge in [-0.3, -0.25) is 9.20 Å². The quantitative estimate of drug-likeness (QED) is 0.255. The van der Waals surface area contributed by atoms with Crippen LogP contribution in [-0.4, -0.2) is 24.1 Å². The normalized spacial score (nSPS) is 11.7. The van der Waals surface area contributed by atoms with Crippen LogP contribution in [0, 0.1) is 0 Å².